The number of allylic oxidation sites excluding steroid dienone is 9. The van der Waals surface area contributed by atoms with Crippen molar-refractivity contribution in [2.75, 3.05) is 13.1 Å². The average Bonchev–Trinajstić information content (AvgIpc) is 2.58. The van der Waals surface area contributed by atoms with Crippen LogP contribution in [0.2, 0.25) is 0 Å². The summed E-state index contributed by atoms with van der Waals surface area (Å²) in [7, 11) is 0. The van der Waals surface area contributed by atoms with Gasteiger partial charge in [-0.1, -0.05) is 54.6 Å². The molecule has 0 unspecified atom stereocenters. The molecule has 1 aliphatic heterocycles. The Hall–Kier alpha value is -2.00. The third kappa shape index (κ3) is 6.63. The highest BCUT2D eigenvalue weighted by Crippen LogP contribution is 2.21. The predicted octanol–water partition coefficient (Wildman–Crippen LogP) is 4.37. The molecule has 0 amide bonds. The molecule has 1 saturated heterocycles. The summed E-state index contributed by atoms with van der Waals surface area (Å²) in [5, 5.41) is 7.17. The van der Waals surface area contributed by atoms with Crippen molar-refractivity contribution in [2.24, 2.45) is 5.92 Å². The van der Waals surface area contributed by atoms with E-state index in [9.17, 15) is 4.79 Å². The fourth-order valence-corrected chi connectivity index (χ4v) is 2.38. The molecule has 0 aromatic heterocycles. The van der Waals surface area contributed by atoms with E-state index >= 15 is 0 Å². The standard InChI is InChI=1S/C20H27ClN2O/c1-6-17(18(21)7-2)10-16-12-22-20(23-13-16)11-19(24)15(5)9-8-14(3)4/h6-9,11,16,22-23H,1-2,10,12-13H2,3-5H3/b15-9+,18-17-,20-11?. The summed E-state index contributed by atoms with van der Waals surface area (Å²) in [5.41, 5.74) is 2.86. The number of carbonyl (C=O) groups excluding carboxylic acids is 1. The van der Waals surface area contributed by atoms with Gasteiger partial charge in [0.15, 0.2) is 5.78 Å². The van der Waals surface area contributed by atoms with E-state index in [-0.39, 0.29) is 5.78 Å². The predicted molar refractivity (Wildman–Crippen MR) is 104 cm³/mol. The van der Waals surface area contributed by atoms with E-state index in [2.05, 4.69) is 23.8 Å². The Balaban J connectivity index is 2.64. The van der Waals surface area contributed by atoms with Gasteiger partial charge in [0, 0.05) is 24.2 Å². The van der Waals surface area contributed by atoms with Crippen LogP contribution in [0.3, 0.4) is 0 Å². The molecule has 0 spiro atoms. The van der Waals surface area contributed by atoms with Crippen LogP contribution in [0.15, 0.2) is 71.1 Å². The van der Waals surface area contributed by atoms with Crippen LogP contribution in [0.25, 0.3) is 0 Å². The van der Waals surface area contributed by atoms with Gasteiger partial charge in [0.05, 0.1) is 0 Å². The lowest BCUT2D eigenvalue weighted by atomic mass is 9.97. The van der Waals surface area contributed by atoms with Crippen LogP contribution in [0.5, 0.6) is 0 Å². The molecule has 0 aromatic carbocycles. The first-order valence-electron chi connectivity index (χ1n) is 8.06. The molecule has 0 radical (unpaired) electrons. The van der Waals surface area contributed by atoms with Crippen LogP contribution in [-0.2, 0) is 4.79 Å². The summed E-state index contributed by atoms with van der Waals surface area (Å²) in [4.78, 5) is 12.2. The van der Waals surface area contributed by atoms with E-state index < -0.39 is 0 Å². The molecule has 0 aromatic rings. The van der Waals surface area contributed by atoms with Crippen LogP contribution in [-0.4, -0.2) is 18.9 Å². The summed E-state index contributed by atoms with van der Waals surface area (Å²) in [6, 6.07) is 0. The van der Waals surface area contributed by atoms with Crippen LogP contribution in [0, 0.1) is 5.92 Å². The second-order valence-electron chi connectivity index (χ2n) is 6.13. The molecular formula is C20H27ClN2O. The maximum atomic E-state index is 12.2. The molecule has 3 nitrogen and oxygen atoms in total. The first kappa shape index (κ1) is 20.0. The highest BCUT2D eigenvalue weighted by molar-refractivity contribution is 6.31. The number of halogens is 1. The molecule has 0 atom stereocenters. The van der Waals surface area contributed by atoms with Crippen LogP contribution in [0.4, 0.5) is 0 Å². The second kappa shape index (κ2) is 9.99. The lowest BCUT2D eigenvalue weighted by molar-refractivity contribution is -0.111. The largest absolute Gasteiger partial charge is 0.371 e. The number of ketones is 1. The fourth-order valence-electron chi connectivity index (χ4n) is 2.23. The molecule has 24 heavy (non-hydrogen) atoms. The first-order valence-corrected chi connectivity index (χ1v) is 8.44. The second-order valence-corrected chi connectivity index (χ2v) is 6.54. The highest BCUT2D eigenvalue weighted by Gasteiger charge is 2.17. The van der Waals surface area contributed by atoms with E-state index in [1.165, 1.54) is 0 Å². The molecule has 1 aliphatic rings. The molecule has 0 bridgehead atoms. The van der Waals surface area contributed by atoms with Gasteiger partial charge < -0.3 is 10.6 Å². The molecule has 130 valence electrons. The van der Waals surface area contributed by atoms with Crippen molar-refractivity contribution in [3.05, 3.63) is 71.1 Å². The lowest BCUT2D eigenvalue weighted by Crippen LogP contribution is -2.42. The molecule has 0 saturated carbocycles. The molecule has 1 rings (SSSR count). The van der Waals surface area contributed by atoms with Gasteiger partial charge in [-0.05, 0) is 44.3 Å². The fraction of sp³-hybridized carbons (Fsp3) is 0.350. The van der Waals surface area contributed by atoms with Crippen molar-refractivity contribution in [2.45, 2.75) is 27.2 Å². The van der Waals surface area contributed by atoms with Crippen molar-refractivity contribution in [3.8, 4) is 0 Å². The number of nitrogens with one attached hydrogen (secondary N) is 2. The van der Waals surface area contributed by atoms with Gasteiger partial charge in [-0.2, -0.15) is 0 Å². The quantitative estimate of drug-likeness (QED) is 0.531. The Morgan fingerprint density at radius 3 is 2.29 bits per heavy atom. The van der Waals surface area contributed by atoms with Gasteiger partial charge in [0.25, 0.3) is 0 Å². The summed E-state index contributed by atoms with van der Waals surface area (Å²) < 4.78 is 0. The summed E-state index contributed by atoms with van der Waals surface area (Å²) in [6.45, 7) is 14.9. The van der Waals surface area contributed by atoms with Gasteiger partial charge in [-0.3, -0.25) is 4.79 Å². The maximum absolute atomic E-state index is 12.2. The van der Waals surface area contributed by atoms with Gasteiger partial charge in [0.1, 0.15) is 5.82 Å². The van der Waals surface area contributed by atoms with Gasteiger partial charge in [0.2, 0.25) is 0 Å². The highest BCUT2D eigenvalue weighted by atomic mass is 35.5. The Kier molecular flexibility index (Phi) is 8.34. The number of carbonyl (C=O) groups is 1. The lowest BCUT2D eigenvalue weighted by Gasteiger charge is -2.27. The van der Waals surface area contributed by atoms with Crippen LogP contribution < -0.4 is 10.6 Å². The Labute approximate surface area is 150 Å². The van der Waals surface area contributed by atoms with E-state index in [1.54, 1.807) is 18.2 Å². The average molecular weight is 347 g/mol. The Bertz CT molecular complexity index is 610. The third-order valence-electron chi connectivity index (χ3n) is 3.73. The van der Waals surface area contributed by atoms with Crippen molar-refractivity contribution in [1.82, 2.24) is 10.6 Å². The maximum Gasteiger partial charge on any atom is 0.185 e. The minimum Gasteiger partial charge on any atom is -0.371 e. The number of hydrogen-bond acceptors (Lipinski definition) is 3. The Morgan fingerprint density at radius 1 is 1.17 bits per heavy atom. The topological polar surface area (TPSA) is 41.1 Å². The molecule has 4 heteroatoms. The van der Waals surface area contributed by atoms with Gasteiger partial charge in [-0.25, -0.2) is 0 Å². The van der Waals surface area contributed by atoms with Crippen LogP contribution in [0.1, 0.15) is 27.2 Å². The van der Waals surface area contributed by atoms with E-state index in [0.717, 1.165) is 36.5 Å². The SMILES string of the molecule is C=C/C(Cl)=C(\C=C)CC1CNC(=CC(=O)/C(C)=C/C=C(C)C)NC1. The normalized spacial score (nSPS) is 18.6. The van der Waals surface area contributed by atoms with Crippen molar-refractivity contribution in [1.29, 1.82) is 0 Å². The van der Waals surface area contributed by atoms with Gasteiger partial charge >= 0.3 is 0 Å². The van der Waals surface area contributed by atoms with Crippen molar-refractivity contribution >= 4 is 17.4 Å². The smallest absolute Gasteiger partial charge is 0.185 e. The van der Waals surface area contributed by atoms with E-state index in [1.807, 2.05) is 32.9 Å². The molecule has 1 fully saturated rings. The molecule has 1 heterocycles. The minimum atomic E-state index is 0.00216. The summed E-state index contributed by atoms with van der Waals surface area (Å²) in [5.74, 6) is 1.14. The molecule has 0 aliphatic carbocycles. The minimum absolute atomic E-state index is 0.00216. The number of hydrogen-bond donors (Lipinski definition) is 2. The molecule has 2 N–H and O–H groups in total. The van der Waals surface area contributed by atoms with Crippen molar-refractivity contribution < 1.29 is 4.79 Å². The zero-order chi connectivity index (χ0) is 18.1. The summed E-state index contributed by atoms with van der Waals surface area (Å²) in [6.07, 6.45) is 9.62. The van der Waals surface area contributed by atoms with Crippen molar-refractivity contribution in [3.63, 3.8) is 0 Å². The zero-order valence-electron chi connectivity index (χ0n) is 14.8. The van der Waals surface area contributed by atoms with E-state index in [4.69, 9.17) is 11.6 Å². The Morgan fingerprint density at radius 2 is 1.79 bits per heavy atom. The first-order chi connectivity index (χ1) is 11.4. The summed E-state index contributed by atoms with van der Waals surface area (Å²) >= 11 is 6.12. The molecular weight excluding hydrogens is 320 g/mol. The number of rotatable bonds is 7. The third-order valence-corrected chi connectivity index (χ3v) is 4.13. The monoisotopic (exact) mass is 346 g/mol. The zero-order valence-corrected chi connectivity index (χ0v) is 15.5. The van der Waals surface area contributed by atoms with Crippen LogP contribution >= 0.6 is 11.6 Å². The van der Waals surface area contributed by atoms with Gasteiger partial charge in [-0.15, -0.1) is 0 Å². The van der Waals surface area contributed by atoms with E-state index in [0.29, 0.717) is 16.5 Å².